The number of rotatable bonds is 1. The topological polar surface area (TPSA) is 62.3 Å². The Morgan fingerprint density at radius 1 is 1.39 bits per heavy atom. The van der Waals surface area contributed by atoms with Crippen LogP contribution >= 0.6 is 0 Å². The van der Waals surface area contributed by atoms with Gasteiger partial charge in [-0.05, 0) is 37.5 Å². The minimum Gasteiger partial charge on any atom is -0.399 e. The van der Waals surface area contributed by atoms with Gasteiger partial charge in [-0.15, -0.1) is 0 Å². The second kappa shape index (κ2) is 4.51. The van der Waals surface area contributed by atoms with Gasteiger partial charge in [0.05, 0.1) is 30.0 Å². The summed E-state index contributed by atoms with van der Waals surface area (Å²) in [7, 11) is 0. The standard InChI is InChI=1S/C14H17N3O/c15-9-10-8-11(16)4-5-12(10)17-6-7-18-14-3-1-2-13(14)17/h4-5,8,13-14H,1-3,6-7,16H2. The highest BCUT2D eigenvalue weighted by atomic mass is 16.5. The monoisotopic (exact) mass is 243 g/mol. The van der Waals surface area contributed by atoms with Crippen LogP contribution < -0.4 is 10.6 Å². The van der Waals surface area contributed by atoms with Gasteiger partial charge in [-0.25, -0.2) is 0 Å². The average Bonchev–Trinajstić information content (AvgIpc) is 2.86. The van der Waals surface area contributed by atoms with Crippen molar-refractivity contribution in [3.8, 4) is 6.07 Å². The van der Waals surface area contributed by atoms with Gasteiger partial charge in [0, 0.05) is 12.2 Å². The molecule has 2 fully saturated rings. The summed E-state index contributed by atoms with van der Waals surface area (Å²) in [4.78, 5) is 2.33. The highest BCUT2D eigenvalue weighted by molar-refractivity contribution is 5.65. The molecule has 2 atom stereocenters. The van der Waals surface area contributed by atoms with E-state index in [1.807, 2.05) is 12.1 Å². The summed E-state index contributed by atoms with van der Waals surface area (Å²) in [5.41, 5.74) is 8.07. The number of nitrogen functional groups attached to an aromatic ring is 1. The Bertz CT molecular complexity index is 494. The zero-order valence-electron chi connectivity index (χ0n) is 10.3. The fourth-order valence-electron chi connectivity index (χ4n) is 3.12. The summed E-state index contributed by atoms with van der Waals surface area (Å²) in [6.07, 6.45) is 3.84. The quantitative estimate of drug-likeness (QED) is 0.765. The molecule has 1 heterocycles. The molecular weight excluding hydrogens is 226 g/mol. The zero-order chi connectivity index (χ0) is 12.5. The fourth-order valence-corrected chi connectivity index (χ4v) is 3.12. The Labute approximate surface area is 107 Å². The van der Waals surface area contributed by atoms with Gasteiger partial charge in [-0.2, -0.15) is 5.26 Å². The Kier molecular flexibility index (Phi) is 2.85. The molecule has 0 aromatic heterocycles. The van der Waals surface area contributed by atoms with E-state index in [2.05, 4.69) is 11.0 Å². The van der Waals surface area contributed by atoms with Crippen LogP contribution in [0.15, 0.2) is 18.2 Å². The lowest BCUT2D eigenvalue weighted by molar-refractivity contribution is 0.0256. The van der Waals surface area contributed by atoms with Gasteiger partial charge in [0.2, 0.25) is 0 Å². The Balaban J connectivity index is 1.96. The number of hydrogen-bond acceptors (Lipinski definition) is 4. The molecule has 4 nitrogen and oxygen atoms in total. The van der Waals surface area contributed by atoms with Crippen molar-refractivity contribution in [2.24, 2.45) is 0 Å². The highest BCUT2D eigenvalue weighted by Crippen LogP contribution is 2.34. The number of nitriles is 1. The van der Waals surface area contributed by atoms with Crippen molar-refractivity contribution in [2.75, 3.05) is 23.8 Å². The summed E-state index contributed by atoms with van der Waals surface area (Å²) in [6.45, 7) is 1.61. The first-order valence-corrected chi connectivity index (χ1v) is 6.47. The maximum absolute atomic E-state index is 9.25. The van der Waals surface area contributed by atoms with E-state index in [4.69, 9.17) is 10.5 Å². The summed E-state index contributed by atoms with van der Waals surface area (Å²) >= 11 is 0. The number of morpholine rings is 1. The molecule has 3 rings (SSSR count). The molecule has 4 heteroatoms. The lowest BCUT2D eigenvalue weighted by Gasteiger charge is -2.39. The molecule has 2 unspecified atom stereocenters. The molecule has 18 heavy (non-hydrogen) atoms. The lowest BCUT2D eigenvalue weighted by atomic mass is 10.1. The molecule has 1 aromatic rings. The largest absolute Gasteiger partial charge is 0.399 e. The number of anilines is 2. The third-order valence-corrected chi connectivity index (χ3v) is 3.93. The molecule has 2 aliphatic rings. The molecule has 0 amide bonds. The van der Waals surface area contributed by atoms with Crippen LogP contribution in [-0.2, 0) is 4.74 Å². The molecule has 1 saturated heterocycles. The Morgan fingerprint density at radius 3 is 3.11 bits per heavy atom. The summed E-state index contributed by atoms with van der Waals surface area (Å²) < 4.78 is 5.80. The Hall–Kier alpha value is -1.73. The molecule has 0 spiro atoms. The predicted octanol–water partition coefficient (Wildman–Crippen LogP) is 1.90. The highest BCUT2D eigenvalue weighted by Gasteiger charge is 2.36. The first-order chi connectivity index (χ1) is 8.79. The summed E-state index contributed by atoms with van der Waals surface area (Å²) in [6, 6.07) is 8.27. The average molecular weight is 243 g/mol. The maximum atomic E-state index is 9.25. The third kappa shape index (κ3) is 1.81. The molecule has 94 valence electrons. The minimum absolute atomic E-state index is 0.336. The fraction of sp³-hybridized carbons (Fsp3) is 0.500. The molecule has 0 radical (unpaired) electrons. The molecule has 1 saturated carbocycles. The summed E-state index contributed by atoms with van der Waals surface area (Å²) in [5.74, 6) is 0. The van der Waals surface area contributed by atoms with Gasteiger partial charge in [0.25, 0.3) is 0 Å². The molecule has 1 aliphatic carbocycles. The second-order valence-electron chi connectivity index (χ2n) is 4.99. The smallest absolute Gasteiger partial charge is 0.101 e. The first kappa shape index (κ1) is 11.4. The van der Waals surface area contributed by atoms with Crippen LogP contribution in [0.2, 0.25) is 0 Å². The number of fused-ring (bicyclic) bond motifs is 1. The van der Waals surface area contributed by atoms with Gasteiger partial charge in [0.15, 0.2) is 0 Å². The van der Waals surface area contributed by atoms with Crippen LogP contribution in [0.3, 0.4) is 0 Å². The van der Waals surface area contributed by atoms with Crippen molar-refractivity contribution in [1.82, 2.24) is 0 Å². The first-order valence-electron chi connectivity index (χ1n) is 6.47. The van der Waals surface area contributed by atoms with Gasteiger partial charge < -0.3 is 15.4 Å². The van der Waals surface area contributed by atoms with Crippen molar-refractivity contribution in [3.63, 3.8) is 0 Å². The van der Waals surface area contributed by atoms with Crippen molar-refractivity contribution < 1.29 is 4.74 Å². The van der Waals surface area contributed by atoms with Gasteiger partial charge in [0.1, 0.15) is 6.07 Å². The predicted molar refractivity (Wildman–Crippen MR) is 70.3 cm³/mol. The van der Waals surface area contributed by atoms with Crippen LogP contribution in [0, 0.1) is 11.3 Å². The summed E-state index contributed by atoms with van der Waals surface area (Å²) in [5, 5.41) is 9.25. The SMILES string of the molecule is N#Cc1cc(N)ccc1N1CCOC2CCCC21. The number of nitrogens with two attached hydrogens (primary N) is 1. The van der Waals surface area contributed by atoms with Crippen LogP contribution in [-0.4, -0.2) is 25.3 Å². The van der Waals surface area contributed by atoms with Crippen LogP contribution in [0.25, 0.3) is 0 Å². The van der Waals surface area contributed by atoms with E-state index in [-0.39, 0.29) is 0 Å². The minimum atomic E-state index is 0.336. The third-order valence-electron chi connectivity index (χ3n) is 3.93. The van der Waals surface area contributed by atoms with E-state index >= 15 is 0 Å². The molecule has 1 aromatic carbocycles. The van der Waals surface area contributed by atoms with E-state index in [1.54, 1.807) is 6.07 Å². The zero-order valence-corrected chi connectivity index (χ0v) is 10.3. The van der Waals surface area contributed by atoms with Crippen LogP contribution in [0.4, 0.5) is 11.4 Å². The van der Waals surface area contributed by atoms with Crippen molar-refractivity contribution in [1.29, 1.82) is 5.26 Å². The van der Waals surface area contributed by atoms with Crippen molar-refractivity contribution in [3.05, 3.63) is 23.8 Å². The second-order valence-corrected chi connectivity index (χ2v) is 4.99. The van der Waals surface area contributed by atoms with Crippen molar-refractivity contribution in [2.45, 2.75) is 31.4 Å². The van der Waals surface area contributed by atoms with Crippen LogP contribution in [0.5, 0.6) is 0 Å². The van der Waals surface area contributed by atoms with E-state index < -0.39 is 0 Å². The lowest BCUT2D eigenvalue weighted by Crippen LogP contribution is -2.48. The number of ether oxygens (including phenoxy) is 1. The molecule has 1 aliphatic heterocycles. The van der Waals surface area contributed by atoms with Gasteiger partial charge >= 0.3 is 0 Å². The van der Waals surface area contributed by atoms with E-state index in [9.17, 15) is 5.26 Å². The van der Waals surface area contributed by atoms with Crippen LogP contribution in [0.1, 0.15) is 24.8 Å². The molecule has 2 N–H and O–H groups in total. The Morgan fingerprint density at radius 2 is 2.28 bits per heavy atom. The number of benzene rings is 1. The number of hydrogen-bond donors (Lipinski definition) is 1. The number of nitrogens with zero attached hydrogens (tertiary/aromatic N) is 2. The van der Waals surface area contributed by atoms with E-state index in [0.717, 1.165) is 31.7 Å². The molecule has 0 bridgehead atoms. The van der Waals surface area contributed by atoms with Crippen molar-refractivity contribution >= 4 is 11.4 Å². The van der Waals surface area contributed by atoms with Gasteiger partial charge in [-0.1, -0.05) is 0 Å². The normalized spacial score (nSPS) is 26.7. The molecular formula is C14H17N3O. The maximum Gasteiger partial charge on any atom is 0.101 e. The van der Waals surface area contributed by atoms with E-state index in [1.165, 1.54) is 6.42 Å². The van der Waals surface area contributed by atoms with E-state index in [0.29, 0.717) is 23.4 Å². The van der Waals surface area contributed by atoms with Gasteiger partial charge in [-0.3, -0.25) is 0 Å².